The molecule has 0 atom stereocenters. The lowest BCUT2D eigenvalue weighted by molar-refractivity contribution is -0.124. The zero-order chi connectivity index (χ0) is 22.3. The normalized spacial score (nSPS) is 14.7. The molecule has 0 bridgehead atoms. The molecule has 1 aliphatic heterocycles. The molecule has 0 aliphatic carbocycles. The van der Waals surface area contributed by atoms with Crippen LogP contribution >= 0.6 is 0 Å². The number of hydrogen-bond acceptors (Lipinski definition) is 4. The monoisotopic (exact) mass is 424 g/mol. The van der Waals surface area contributed by atoms with Crippen molar-refractivity contribution in [1.82, 2.24) is 10.2 Å². The van der Waals surface area contributed by atoms with Crippen molar-refractivity contribution in [3.8, 4) is 5.75 Å². The van der Waals surface area contributed by atoms with E-state index in [-0.39, 0.29) is 24.6 Å². The van der Waals surface area contributed by atoms with Crippen LogP contribution in [-0.2, 0) is 16.0 Å². The maximum Gasteiger partial charge on any atom is 0.410 e. The van der Waals surface area contributed by atoms with Crippen LogP contribution in [-0.4, -0.2) is 48.2 Å². The Balaban J connectivity index is 1.45. The second-order valence-corrected chi connectivity index (χ2v) is 8.87. The van der Waals surface area contributed by atoms with Crippen molar-refractivity contribution in [3.05, 3.63) is 65.7 Å². The van der Waals surface area contributed by atoms with Gasteiger partial charge in [-0.05, 0) is 50.8 Å². The van der Waals surface area contributed by atoms with Gasteiger partial charge in [0.05, 0.1) is 0 Å². The molecule has 0 spiro atoms. The second kappa shape index (κ2) is 10.3. The lowest BCUT2D eigenvalue weighted by Gasteiger charge is -2.33. The van der Waals surface area contributed by atoms with Crippen molar-refractivity contribution in [2.45, 2.75) is 51.7 Å². The number of carbonyl (C=O) groups excluding carboxylic acids is 2. The van der Waals surface area contributed by atoms with Crippen LogP contribution in [0.2, 0.25) is 0 Å². The number of hydrogen-bond donors (Lipinski definition) is 1. The van der Waals surface area contributed by atoms with Crippen LogP contribution < -0.4 is 10.1 Å². The Morgan fingerprint density at radius 2 is 1.65 bits per heavy atom. The van der Waals surface area contributed by atoms with Gasteiger partial charge in [-0.25, -0.2) is 4.79 Å². The molecule has 1 aliphatic rings. The molecular weight excluding hydrogens is 392 g/mol. The van der Waals surface area contributed by atoms with E-state index >= 15 is 0 Å². The van der Waals surface area contributed by atoms with Crippen LogP contribution in [0.5, 0.6) is 5.75 Å². The third-order valence-corrected chi connectivity index (χ3v) is 5.08. The summed E-state index contributed by atoms with van der Waals surface area (Å²) in [5.41, 5.74) is 1.74. The van der Waals surface area contributed by atoms with Gasteiger partial charge in [0.2, 0.25) is 0 Å². The Kier molecular flexibility index (Phi) is 7.55. The number of nitrogens with one attached hydrogen (secondary N) is 1. The summed E-state index contributed by atoms with van der Waals surface area (Å²) in [5, 5.41) is 3.02. The summed E-state index contributed by atoms with van der Waals surface area (Å²) in [7, 11) is 0. The first-order valence-electron chi connectivity index (χ1n) is 10.8. The average Bonchev–Trinajstić information content (AvgIpc) is 2.73. The molecule has 31 heavy (non-hydrogen) atoms. The highest BCUT2D eigenvalue weighted by Crippen LogP contribution is 2.21. The van der Waals surface area contributed by atoms with Gasteiger partial charge in [-0.15, -0.1) is 0 Å². The third kappa shape index (κ3) is 7.31. The lowest BCUT2D eigenvalue weighted by atomic mass is 10.0. The van der Waals surface area contributed by atoms with Gasteiger partial charge in [0.15, 0.2) is 6.61 Å². The van der Waals surface area contributed by atoms with E-state index in [0.29, 0.717) is 25.9 Å². The first-order valence-corrected chi connectivity index (χ1v) is 10.8. The molecule has 0 radical (unpaired) electrons. The first-order chi connectivity index (χ1) is 14.8. The molecule has 2 aromatic carbocycles. The minimum atomic E-state index is -0.504. The first kappa shape index (κ1) is 22.7. The molecule has 6 nitrogen and oxygen atoms in total. The van der Waals surface area contributed by atoms with Crippen molar-refractivity contribution in [2.75, 3.05) is 19.7 Å². The lowest BCUT2D eigenvalue weighted by Crippen LogP contribution is -2.48. The topological polar surface area (TPSA) is 67.9 Å². The minimum absolute atomic E-state index is 0.0297. The standard InChI is InChI=1S/C25H32N2O4/c1-25(2,3)31-24(29)27-15-13-21(14-16-27)26-23(28)18-30-22-12-8-7-11-20(22)17-19-9-5-4-6-10-19/h4-12,21H,13-18H2,1-3H3,(H,26,28). The van der Waals surface area contributed by atoms with E-state index in [0.717, 1.165) is 17.7 Å². The molecule has 2 aromatic rings. The molecule has 1 fully saturated rings. The fourth-order valence-electron chi connectivity index (χ4n) is 3.55. The smallest absolute Gasteiger partial charge is 0.410 e. The molecule has 3 rings (SSSR count). The zero-order valence-corrected chi connectivity index (χ0v) is 18.6. The number of nitrogens with zero attached hydrogens (tertiary/aromatic N) is 1. The predicted molar refractivity (Wildman–Crippen MR) is 120 cm³/mol. The zero-order valence-electron chi connectivity index (χ0n) is 18.6. The van der Waals surface area contributed by atoms with E-state index in [2.05, 4.69) is 17.4 Å². The highest BCUT2D eigenvalue weighted by Gasteiger charge is 2.27. The largest absolute Gasteiger partial charge is 0.483 e. The Hall–Kier alpha value is -3.02. The van der Waals surface area contributed by atoms with Gasteiger partial charge in [-0.1, -0.05) is 48.5 Å². The Bertz CT molecular complexity index is 869. The number of carbonyl (C=O) groups is 2. The van der Waals surface area contributed by atoms with Crippen molar-refractivity contribution in [1.29, 1.82) is 0 Å². The van der Waals surface area contributed by atoms with E-state index in [1.165, 1.54) is 5.56 Å². The summed E-state index contributed by atoms with van der Waals surface area (Å²) >= 11 is 0. The fourth-order valence-corrected chi connectivity index (χ4v) is 3.55. The molecule has 0 saturated carbocycles. The van der Waals surface area contributed by atoms with Crippen LogP contribution in [0.1, 0.15) is 44.7 Å². The molecule has 6 heteroatoms. The van der Waals surface area contributed by atoms with E-state index in [1.54, 1.807) is 4.90 Å². The SMILES string of the molecule is CC(C)(C)OC(=O)N1CCC(NC(=O)COc2ccccc2Cc2ccccc2)CC1. The molecule has 0 unspecified atom stereocenters. The van der Waals surface area contributed by atoms with E-state index in [1.807, 2.05) is 63.2 Å². The van der Waals surface area contributed by atoms with Gasteiger partial charge in [-0.2, -0.15) is 0 Å². The van der Waals surface area contributed by atoms with Crippen LogP contribution in [0.4, 0.5) is 4.79 Å². The summed E-state index contributed by atoms with van der Waals surface area (Å²) in [5.74, 6) is 0.575. The van der Waals surface area contributed by atoms with Gasteiger partial charge >= 0.3 is 6.09 Å². The molecule has 2 amide bonds. The van der Waals surface area contributed by atoms with Gasteiger partial charge in [0, 0.05) is 25.6 Å². The third-order valence-electron chi connectivity index (χ3n) is 5.08. The second-order valence-electron chi connectivity index (χ2n) is 8.87. The molecule has 1 N–H and O–H groups in total. The van der Waals surface area contributed by atoms with Gasteiger partial charge in [0.1, 0.15) is 11.4 Å². The number of amides is 2. The number of rotatable bonds is 6. The summed E-state index contributed by atoms with van der Waals surface area (Å²) < 4.78 is 11.2. The Labute approximate surface area is 184 Å². The number of ether oxygens (including phenoxy) is 2. The molecule has 1 heterocycles. The van der Waals surface area contributed by atoms with Crippen LogP contribution in [0.3, 0.4) is 0 Å². The summed E-state index contributed by atoms with van der Waals surface area (Å²) in [6.07, 6.45) is 1.86. The van der Waals surface area contributed by atoms with Crippen molar-refractivity contribution >= 4 is 12.0 Å². The van der Waals surface area contributed by atoms with Crippen LogP contribution in [0, 0.1) is 0 Å². The predicted octanol–water partition coefficient (Wildman–Crippen LogP) is 4.17. The molecule has 166 valence electrons. The summed E-state index contributed by atoms with van der Waals surface area (Å²) in [6.45, 7) is 6.68. The molecular formula is C25H32N2O4. The summed E-state index contributed by atoms with van der Waals surface area (Å²) in [4.78, 5) is 26.3. The van der Waals surface area contributed by atoms with E-state index < -0.39 is 5.60 Å². The van der Waals surface area contributed by atoms with Crippen LogP contribution in [0.25, 0.3) is 0 Å². The number of likely N-dealkylation sites (tertiary alicyclic amines) is 1. The minimum Gasteiger partial charge on any atom is -0.483 e. The van der Waals surface area contributed by atoms with Gasteiger partial charge in [0.25, 0.3) is 5.91 Å². The molecule has 0 aromatic heterocycles. The van der Waals surface area contributed by atoms with Crippen molar-refractivity contribution in [3.63, 3.8) is 0 Å². The number of piperidine rings is 1. The highest BCUT2D eigenvalue weighted by molar-refractivity contribution is 5.78. The van der Waals surface area contributed by atoms with E-state index in [4.69, 9.17) is 9.47 Å². The number of para-hydroxylation sites is 1. The van der Waals surface area contributed by atoms with Gasteiger partial charge < -0.3 is 19.7 Å². The Morgan fingerprint density at radius 3 is 2.32 bits per heavy atom. The van der Waals surface area contributed by atoms with Crippen molar-refractivity contribution in [2.24, 2.45) is 0 Å². The fraction of sp³-hybridized carbons (Fsp3) is 0.440. The molecule has 1 saturated heterocycles. The van der Waals surface area contributed by atoms with Gasteiger partial charge in [-0.3, -0.25) is 4.79 Å². The van der Waals surface area contributed by atoms with Crippen LogP contribution in [0.15, 0.2) is 54.6 Å². The Morgan fingerprint density at radius 1 is 1.00 bits per heavy atom. The van der Waals surface area contributed by atoms with E-state index in [9.17, 15) is 9.59 Å². The maximum absolute atomic E-state index is 12.4. The average molecular weight is 425 g/mol. The highest BCUT2D eigenvalue weighted by atomic mass is 16.6. The maximum atomic E-state index is 12.4. The quantitative estimate of drug-likeness (QED) is 0.756. The van der Waals surface area contributed by atoms with Crippen molar-refractivity contribution < 1.29 is 19.1 Å². The number of benzene rings is 2. The summed E-state index contributed by atoms with van der Waals surface area (Å²) in [6, 6.07) is 18.0.